The van der Waals surface area contributed by atoms with Gasteiger partial charge in [0.1, 0.15) is 10.7 Å². The van der Waals surface area contributed by atoms with Gasteiger partial charge < -0.3 is 15.4 Å². The predicted octanol–water partition coefficient (Wildman–Crippen LogP) is 4.81. The van der Waals surface area contributed by atoms with Crippen LogP contribution in [0.15, 0.2) is 83.5 Å². The number of benzene rings is 3. The third-order valence-corrected chi connectivity index (χ3v) is 5.75. The van der Waals surface area contributed by atoms with Crippen LogP contribution in [-0.2, 0) is 14.3 Å². The largest absolute Gasteiger partial charge is 0.465 e. The Hall–Kier alpha value is -4.14. The number of esters is 1. The Bertz CT molecular complexity index is 1390. The minimum absolute atomic E-state index is 0.103. The maximum atomic E-state index is 12.9. The highest BCUT2D eigenvalue weighted by Gasteiger charge is 2.39. The number of amides is 3. The summed E-state index contributed by atoms with van der Waals surface area (Å²) in [6.45, 7) is 0. The van der Waals surface area contributed by atoms with Crippen LogP contribution in [0.2, 0.25) is 5.02 Å². The molecular weight excluding hydrogens is 493 g/mol. The predicted molar refractivity (Wildman–Crippen MR) is 133 cm³/mol. The second-order valence-electron chi connectivity index (χ2n) is 7.31. The smallest absolute Gasteiger partial charge is 0.337 e. The van der Waals surface area contributed by atoms with Crippen molar-refractivity contribution in [3.8, 4) is 0 Å². The number of carbonyl (C=O) groups is 4. The Kier molecular flexibility index (Phi) is 6.86. The zero-order chi connectivity index (χ0) is 25.1. The van der Waals surface area contributed by atoms with Gasteiger partial charge in [-0.05, 0) is 54.6 Å². The minimum atomic E-state index is -0.697. The molecule has 1 heterocycles. The Morgan fingerprint density at radius 1 is 0.829 bits per heavy atom. The van der Waals surface area contributed by atoms with Crippen LogP contribution in [0.25, 0.3) is 0 Å². The molecule has 0 aliphatic carbocycles. The van der Waals surface area contributed by atoms with E-state index in [1.807, 2.05) is 0 Å². The van der Waals surface area contributed by atoms with Crippen LogP contribution in [0.1, 0.15) is 20.7 Å². The van der Waals surface area contributed by atoms with E-state index in [4.69, 9.17) is 23.2 Å². The van der Waals surface area contributed by atoms with Crippen LogP contribution in [0.5, 0.6) is 0 Å². The number of ether oxygens (including phenoxy) is 1. The van der Waals surface area contributed by atoms with Gasteiger partial charge in [-0.25, -0.2) is 9.69 Å². The molecule has 4 rings (SSSR count). The molecule has 3 aromatic carbocycles. The molecule has 3 amide bonds. The fraction of sp³-hybridized carbons (Fsp3) is 0.0400. The molecule has 1 aliphatic rings. The van der Waals surface area contributed by atoms with Gasteiger partial charge in [-0.2, -0.15) is 0 Å². The molecule has 0 saturated heterocycles. The summed E-state index contributed by atoms with van der Waals surface area (Å²) in [5, 5.41) is 5.50. The first kappa shape index (κ1) is 24.0. The summed E-state index contributed by atoms with van der Waals surface area (Å²) >= 11 is 12.3. The fourth-order valence-corrected chi connectivity index (χ4v) is 3.79. The summed E-state index contributed by atoms with van der Waals surface area (Å²) < 4.78 is 4.68. The molecule has 8 nitrogen and oxygen atoms in total. The Morgan fingerprint density at radius 2 is 1.54 bits per heavy atom. The highest BCUT2D eigenvalue weighted by molar-refractivity contribution is 6.53. The summed E-state index contributed by atoms with van der Waals surface area (Å²) in [6.07, 6.45) is 0. The zero-order valence-electron chi connectivity index (χ0n) is 18.2. The molecule has 1 aliphatic heterocycles. The number of nitrogens with one attached hydrogen (secondary N) is 2. The second kappa shape index (κ2) is 10.0. The number of imide groups is 1. The highest BCUT2D eigenvalue weighted by Crippen LogP contribution is 2.34. The first-order valence-corrected chi connectivity index (χ1v) is 11.0. The maximum Gasteiger partial charge on any atom is 0.337 e. The molecule has 0 saturated carbocycles. The number of hydrogen-bond donors (Lipinski definition) is 2. The average Bonchev–Trinajstić information content (AvgIpc) is 3.07. The van der Waals surface area contributed by atoms with E-state index >= 15 is 0 Å². The van der Waals surface area contributed by atoms with Crippen molar-refractivity contribution in [2.24, 2.45) is 0 Å². The molecule has 10 heteroatoms. The quantitative estimate of drug-likeness (QED) is 0.364. The van der Waals surface area contributed by atoms with E-state index in [1.54, 1.807) is 54.6 Å². The molecule has 0 fully saturated rings. The fourth-order valence-electron chi connectivity index (χ4n) is 3.36. The zero-order valence-corrected chi connectivity index (χ0v) is 19.7. The van der Waals surface area contributed by atoms with Crippen molar-refractivity contribution in [2.45, 2.75) is 0 Å². The topological polar surface area (TPSA) is 105 Å². The molecule has 176 valence electrons. The standard InChI is InChI=1S/C25H17Cl2N3O5/c1-35-25(34)15-5-4-6-17(13-15)29-22(31)14-9-11-16(12-10-14)28-21-20(27)23(32)30(24(21)33)19-8-3-2-7-18(19)26/h2-13,28H,1H3,(H,29,31). The van der Waals surface area contributed by atoms with Crippen LogP contribution in [0, 0.1) is 0 Å². The van der Waals surface area contributed by atoms with Gasteiger partial charge in [0.2, 0.25) is 0 Å². The number of rotatable bonds is 6. The van der Waals surface area contributed by atoms with Gasteiger partial charge in [0, 0.05) is 16.9 Å². The lowest BCUT2D eigenvalue weighted by atomic mass is 10.1. The lowest BCUT2D eigenvalue weighted by molar-refractivity contribution is -0.120. The summed E-state index contributed by atoms with van der Waals surface area (Å²) in [5.41, 5.74) is 1.61. The molecule has 35 heavy (non-hydrogen) atoms. The lowest BCUT2D eigenvalue weighted by Gasteiger charge is -2.16. The number of halogens is 2. The van der Waals surface area contributed by atoms with Gasteiger partial charge in [-0.1, -0.05) is 41.4 Å². The molecule has 2 N–H and O–H groups in total. The van der Waals surface area contributed by atoms with E-state index in [1.165, 1.54) is 25.3 Å². The van der Waals surface area contributed by atoms with E-state index in [9.17, 15) is 19.2 Å². The van der Waals surface area contributed by atoms with E-state index in [2.05, 4.69) is 15.4 Å². The van der Waals surface area contributed by atoms with Crippen molar-refractivity contribution in [1.29, 1.82) is 0 Å². The van der Waals surface area contributed by atoms with E-state index < -0.39 is 23.7 Å². The molecule has 3 aromatic rings. The normalized spacial score (nSPS) is 13.2. The Balaban J connectivity index is 1.47. The van der Waals surface area contributed by atoms with Crippen molar-refractivity contribution in [1.82, 2.24) is 0 Å². The van der Waals surface area contributed by atoms with Crippen LogP contribution < -0.4 is 15.5 Å². The average molecular weight is 510 g/mol. The van der Waals surface area contributed by atoms with Crippen LogP contribution in [0.4, 0.5) is 17.1 Å². The minimum Gasteiger partial charge on any atom is -0.465 e. The van der Waals surface area contributed by atoms with Crippen molar-refractivity contribution < 1.29 is 23.9 Å². The van der Waals surface area contributed by atoms with E-state index in [0.29, 0.717) is 22.5 Å². The third kappa shape index (κ3) is 4.89. The van der Waals surface area contributed by atoms with Crippen LogP contribution >= 0.6 is 23.2 Å². The maximum absolute atomic E-state index is 12.9. The van der Waals surface area contributed by atoms with Gasteiger partial charge >= 0.3 is 5.97 Å². The van der Waals surface area contributed by atoms with E-state index in [0.717, 1.165) is 4.90 Å². The first-order valence-electron chi connectivity index (χ1n) is 10.2. The Morgan fingerprint density at radius 3 is 2.23 bits per heavy atom. The molecule has 0 spiro atoms. The van der Waals surface area contributed by atoms with Gasteiger partial charge in [-0.3, -0.25) is 14.4 Å². The number of hydrogen-bond acceptors (Lipinski definition) is 6. The van der Waals surface area contributed by atoms with Gasteiger partial charge in [0.05, 0.1) is 23.4 Å². The summed E-state index contributed by atoms with van der Waals surface area (Å²) in [4.78, 5) is 50.7. The summed E-state index contributed by atoms with van der Waals surface area (Å²) in [6, 6.07) is 19.0. The summed E-state index contributed by atoms with van der Waals surface area (Å²) in [7, 11) is 1.27. The molecule has 0 radical (unpaired) electrons. The van der Waals surface area contributed by atoms with Gasteiger partial charge in [-0.15, -0.1) is 0 Å². The van der Waals surface area contributed by atoms with Crippen LogP contribution in [-0.4, -0.2) is 30.8 Å². The van der Waals surface area contributed by atoms with Crippen molar-refractivity contribution in [3.05, 3.63) is 99.7 Å². The van der Waals surface area contributed by atoms with Gasteiger partial charge in [0.15, 0.2) is 0 Å². The number of para-hydroxylation sites is 1. The molecule has 0 unspecified atom stereocenters. The number of methoxy groups -OCH3 is 1. The monoisotopic (exact) mass is 509 g/mol. The molecule has 0 atom stereocenters. The molecular formula is C25H17Cl2N3O5. The molecule has 0 aromatic heterocycles. The lowest BCUT2D eigenvalue weighted by Crippen LogP contribution is -2.32. The second-order valence-corrected chi connectivity index (χ2v) is 8.10. The van der Waals surface area contributed by atoms with E-state index in [-0.39, 0.29) is 21.4 Å². The number of nitrogens with zero attached hydrogens (tertiary/aromatic N) is 1. The highest BCUT2D eigenvalue weighted by atomic mass is 35.5. The van der Waals surface area contributed by atoms with Gasteiger partial charge in [0.25, 0.3) is 17.7 Å². The van der Waals surface area contributed by atoms with Crippen molar-refractivity contribution >= 4 is 64.0 Å². The van der Waals surface area contributed by atoms with Crippen molar-refractivity contribution in [2.75, 3.05) is 22.6 Å². The summed E-state index contributed by atoms with van der Waals surface area (Å²) in [5.74, 6) is -2.27. The Labute approximate surface area is 210 Å². The number of anilines is 3. The number of carbonyl (C=O) groups excluding carboxylic acids is 4. The van der Waals surface area contributed by atoms with Crippen LogP contribution in [0.3, 0.4) is 0 Å². The first-order chi connectivity index (χ1) is 16.8. The third-order valence-electron chi connectivity index (χ3n) is 5.08. The SMILES string of the molecule is COC(=O)c1cccc(NC(=O)c2ccc(NC3=C(Cl)C(=O)N(c4ccccc4Cl)C3=O)cc2)c1. The molecule has 0 bridgehead atoms. The van der Waals surface area contributed by atoms with Crippen molar-refractivity contribution in [3.63, 3.8) is 0 Å².